The maximum absolute atomic E-state index is 12.2. The molecule has 4 nitrogen and oxygen atoms in total. The molecule has 1 amide bonds. The van der Waals surface area contributed by atoms with E-state index in [2.05, 4.69) is 10.3 Å². The van der Waals surface area contributed by atoms with E-state index in [1.165, 1.54) is 0 Å². The lowest BCUT2D eigenvalue weighted by molar-refractivity contribution is 0.0951. The Labute approximate surface area is 145 Å². The lowest BCUT2D eigenvalue weighted by atomic mass is 10.1. The van der Waals surface area contributed by atoms with E-state index in [0.29, 0.717) is 12.1 Å². The first-order valence-corrected chi connectivity index (χ1v) is 8.47. The fraction of sp³-hybridized carbons (Fsp3) is 0.158. The van der Waals surface area contributed by atoms with Crippen LogP contribution in [0.2, 0.25) is 0 Å². The number of rotatable bonds is 5. The molecule has 2 aromatic carbocycles. The summed E-state index contributed by atoms with van der Waals surface area (Å²) in [7, 11) is 1.63. The molecule has 3 aromatic rings. The molecule has 0 atom stereocenters. The Morgan fingerprint density at radius 1 is 1.12 bits per heavy atom. The van der Waals surface area contributed by atoms with Gasteiger partial charge >= 0.3 is 0 Å². The van der Waals surface area contributed by atoms with E-state index >= 15 is 0 Å². The topological polar surface area (TPSA) is 51.2 Å². The molecule has 0 aliphatic rings. The fourth-order valence-corrected chi connectivity index (χ4v) is 2.94. The highest BCUT2D eigenvalue weighted by molar-refractivity contribution is 7.09. The van der Waals surface area contributed by atoms with Crippen LogP contribution in [0.5, 0.6) is 5.75 Å². The second-order valence-electron chi connectivity index (χ2n) is 5.36. The van der Waals surface area contributed by atoms with Gasteiger partial charge in [-0.25, -0.2) is 4.98 Å². The van der Waals surface area contributed by atoms with Crippen LogP contribution < -0.4 is 10.1 Å². The van der Waals surface area contributed by atoms with Crippen LogP contribution in [-0.2, 0) is 6.54 Å². The first kappa shape index (κ1) is 16.2. The van der Waals surface area contributed by atoms with Gasteiger partial charge in [-0.3, -0.25) is 4.79 Å². The van der Waals surface area contributed by atoms with Crippen LogP contribution in [0.25, 0.3) is 11.3 Å². The molecule has 1 heterocycles. The standard InChI is InChI=1S/C19H18N2O2S/c1-13-21-18(12-24-13)15-5-7-16(8-6-15)19(22)20-11-14-3-9-17(23-2)10-4-14/h3-10,12H,11H2,1-2H3,(H,20,22). The molecule has 0 bridgehead atoms. The minimum absolute atomic E-state index is 0.0909. The number of amides is 1. The van der Waals surface area contributed by atoms with Crippen LogP contribution in [0.4, 0.5) is 0 Å². The number of benzene rings is 2. The van der Waals surface area contributed by atoms with E-state index in [9.17, 15) is 4.79 Å². The van der Waals surface area contributed by atoms with Crippen molar-refractivity contribution in [3.8, 4) is 17.0 Å². The predicted molar refractivity (Wildman–Crippen MR) is 96.5 cm³/mol. The van der Waals surface area contributed by atoms with Gasteiger partial charge in [-0.15, -0.1) is 11.3 Å². The van der Waals surface area contributed by atoms with Crippen LogP contribution in [0.15, 0.2) is 53.9 Å². The molecular formula is C19H18N2O2S. The number of aromatic nitrogens is 1. The van der Waals surface area contributed by atoms with Gasteiger partial charge < -0.3 is 10.1 Å². The second kappa shape index (κ2) is 7.27. The van der Waals surface area contributed by atoms with E-state index in [1.807, 2.05) is 60.8 Å². The zero-order valence-electron chi connectivity index (χ0n) is 13.6. The molecule has 122 valence electrons. The Morgan fingerprint density at radius 2 is 1.83 bits per heavy atom. The van der Waals surface area contributed by atoms with Crippen molar-refractivity contribution in [2.45, 2.75) is 13.5 Å². The summed E-state index contributed by atoms with van der Waals surface area (Å²) < 4.78 is 5.12. The summed E-state index contributed by atoms with van der Waals surface area (Å²) in [6.07, 6.45) is 0. The maximum atomic E-state index is 12.2. The number of nitrogens with zero attached hydrogens (tertiary/aromatic N) is 1. The van der Waals surface area contributed by atoms with Crippen molar-refractivity contribution in [1.82, 2.24) is 10.3 Å². The summed E-state index contributed by atoms with van der Waals surface area (Å²) in [6.45, 7) is 2.46. The van der Waals surface area contributed by atoms with E-state index in [-0.39, 0.29) is 5.91 Å². The van der Waals surface area contributed by atoms with Gasteiger partial charge in [0.1, 0.15) is 5.75 Å². The highest BCUT2D eigenvalue weighted by Gasteiger charge is 2.07. The van der Waals surface area contributed by atoms with Gasteiger partial charge in [-0.1, -0.05) is 24.3 Å². The van der Waals surface area contributed by atoms with Crippen molar-refractivity contribution < 1.29 is 9.53 Å². The quantitative estimate of drug-likeness (QED) is 0.763. The molecule has 0 fully saturated rings. The van der Waals surface area contributed by atoms with E-state index in [0.717, 1.165) is 27.6 Å². The first-order chi connectivity index (χ1) is 11.7. The van der Waals surface area contributed by atoms with Crippen molar-refractivity contribution in [1.29, 1.82) is 0 Å². The molecule has 5 heteroatoms. The number of hydrogen-bond acceptors (Lipinski definition) is 4. The highest BCUT2D eigenvalue weighted by atomic mass is 32.1. The van der Waals surface area contributed by atoms with E-state index in [1.54, 1.807) is 18.4 Å². The third-order valence-corrected chi connectivity index (χ3v) is 4.45. The maximum Gasteiger partial charge on any atom is 0.251 e. The van der Waals surface area contributed by atoms with Crippen LogP contribution >= 0.6 is 11.3 Å². The third kappa shape index (κ3) is 3.81. The Kier molecular flexibility index (Phi) is 4.91. The first-order valence-electron chi connectivity index (χ1n) is 7.59. The Balaban J connectivity index is 1.62. The van der Waals surface area contributed by atoms with Crippen molar-refractivity contribution in [3.05, 3.63) is 70.0 Å². The van der Waals surface area contributed by atoms with Gasteiger partial charge in [-0.2, -0.15) is 0 Å². The lowest BCUT2D eigenvalue weighted by Crippen LogP contribution is -2.22. The number of carbonyl (C=O) groups excluding carboxylic acids is 1. The van der Waals surface area contributed by atoms with Gasteiger partial charge in [0.05, 0.1) is 17.8 Å². The van der Waals surface area contributed by atoms with Crippen molar-refractivity contribution in [2.24, 2.45) is 0 Å². The molecule has 3 rings (SSSR count). The smallest absolute Gasteiger partial charge is 0.251 e. The number of methoxy groups -OCH3 is 1. The van der Waals surface area contributed by atoms with Crippen LogP contribution in [0.3, 0.4) is 0 Å². The zero-order valence-corrected chi connectivity index (χ0v) is 14.4. The molecule has 0 unspecified atom stereocenters. The number of ether oxygens (including phenoxy) is 1. The lowest BCUT2D eigenvalue weighted by Gasteiger charge is -2.07. The summed E-state index contributed by atoms with van der Waals surface area (Å²) in [5.41, 5.74) is 3.63. The molecule has 24 heavy (non-hydrogen) atoms. The summed E-state index contributed by atoms with van der Waals surface area (Å²) in [5.74, 6) is 0.713. The number of hydrogen-bond donors (Lipinski definition) is 1. The number of aryl methyl sites for hydroxylation is 1. The van der Waals surface area contributed by atoms with Crippen LogP contribution in [-0.4, -0.2) is 18.0 Å². The average Bonchev–Trinajstić information content (AvgIpc) is 3.06. The minimum Gasteiger partial charge on any atom is -0.497 e. The van der Waals surface area contributed by atoms with Gasteiger partial charge in [0.25, 0.3) is 5.91 Å². The van der Waals surface area contributed by atoms with Gasteiger partial charge in [0.15, 0.2) is 0 Å². The molecule has 1 aromatic heterocycles. The molecular weight excluding hydrogens is 320 g/mol. The molecule has 0 aliphatic carbocycles. The van der Waals surface area contributed by atoms with Gasteiger partial charge in [0, 0.05) is 23.1 Å². The molecule has 0 saturated heterocycles. The number of nitrogens with one attached hydrogen (secondary N) is 1. The van der Waals surface area contributed by atoms with Gasteiger partial charge in [-0.05, 0) is 36.8 Å². The number of carbonyl (C=O) groups is 1. The van der Waals surface area contributed by atoms with E-state index < -0.39 is 0 Å². The molecule has 0 radical (unpaired) electrons. The SMILES string of the molecule is COc1ccc(CNC(=O)c2ccc(-c3csc(C)n3)cc2)cc1. The Bertz CT molecular complexity index is 823. The predicted octanol–water partition coefficient (Wildman–Crippen LogP) is 4.06. The monoisotopic (exact) mass is 338 g/mol. The average molecular weight is 338 g/mol. The van der Waals surface area contributed by atoms with Crippen LogP contribution in [0.1, 0.15) is 20.9 Å². The fourth-order valence-electron chi connectivity index (χ4n) is 2.32. The highest BCUT2D eigenvalue weighted by Crippen LogP contribution is 2.21. The molecule has 0 spiro atoms. The third-order valence-electron chi connectivity index (χ3n) is 3.67. The van der Waals surface area contributed by atoms with Crippen LogP contribution in [0, 0.1) is 6.92 Å². The summed E-state index contributed by atoms with van der Waals surface area (Å²) in [4.78, 5) is 16.7. The van der Waals surface area contributed by atoms with Crippen molar-refractivity contribution >= 4 is 17.2 Å². The summed E-state index contributed by atoms with van der Waals surface area (Å²) >= 11 is 1.62. The zero-order chi connectivity index (χ0) is 16.9. The molecule has 0 aliphatic heterocycles. The summed E-state index contributed by atoms with van der Waals surface area (Å²) in [5, 5.41) is 5.98. The normalized spacial score (nSPS) is 10.4. The summed E-state index contributed by atoms with van der Waals surface area (Å²) in [6, 6.07) is 15.1. The van der Waals surface area contributed by atoms with Crippen molar-refractivity contribution in [2.75, 3.05) is 7.11 Å². The Hall–Kier alpha value is -2.66. The number of thiazole rings is 1. The van der Waals surface area contributed by atoms with Gasteiger partial charge in [0.2, 0.25) is 0 Å². The largest absolute Gasteiger partial charge is 0.497 e. The Morgan fingerprint density at radius 3 is 2.42 bits per heavy atom. The van der Waals surface area contributed by atoms with E-state index in [4.69, 9.17) is 4.74 Å². The molecule has 1 N–H and O–H groups in total. The molecule has 0 saturated carbocycles. The minimum atomic E-state index is -0.0909. The van der Waals surface area contributed by atoms with Crippen molar-refractivity contribution in [3.63, 3.8) is 0 Å². The second-order valence-corrected chi connectivity index (χ2v) is 6.42.